The Balaban J connectivity index is 2.64. The summed E-state index contributed by atoms with van der Waals surface area (Å²) in [5, 5.41) is 0.667. The van der Waals surface area contributed by atoms with Crippen molar-refractivity contribution < 1.29 is 4.74 Å². The van der Waals surface area contributed by atoms with E-state index in [-0.39, 0.29) is 12.1 Å². The number of benzene rings is 1. The van der Waals surface area contributed by atoms with E-state index >= 15 is 0 Å². The van der Waals surface area contributed by atoms with Crippen LogP contribution >= 0.6 is 11.6 Å². The summed E-state index contributed by atoms with van der Waals surface area (Å²) in [5.41, 5.74) is 7.16. The quantitative estimate of drug-likeness (QED) is 0.818. The smallest absolute Gasteiger partial charge is 0.121 e. The van der Waals surface area contributed by atoms with Gasteiger partial charge in [0.25, 0.3) is 0 Å². The van der Waals surface area contributed by atoms with Gasteiger partial charge in [-0.25, -0.2) is 0 Å². The molecule has 0 spiro atoms. The highest BCUT2D eigenvalue weighted by Gasteiger charge is 2.11. The first kappa shape index (κ1) is 13.1. The molecule has 16 heavy (non-hydrogen) atoms. The maximum atomic E-state index is 5.97. The molecule has 3 heteroatoms. The van der Waals surface area contributed by atoms with Crippen LogP contribution in [0.4, 0.5) is 0 Å². The summed E-state index contributed by atoms with van der Waals surface area (Å²) in [6.45, 7) is 5.99. The normalized spacial score (nSPS) is 14.1. The van der Waals surface area contributed by atoms with E-state index in [0.29, 0.717) is 5.02 Å². The Morgan fingerprint density at radius 2 is 2.12 bits per heavy atom. The molecule has 0 radical (unpaired) electrons. The fourth-order valence-electron chi connectivity index (χ4n) is 1.35. The van der Waals surface area contributed by atoms with Crippen LogP contribution in [0.3, 0.4) is 0 Å². The van der Waals surface area contributed by atoms with Crippen molar-refractivity contribution >= 4 is 11.6 Å². The van der Waals surface area contributed by atoms with Gasteiger partial charge in [0.2, 0.25) is 0 Å². The van der Waals surface area contributed by atoms with Gasteiger partial charge in [-0.05, 0) is 39.0 Å². The fourth-order valence-corrected chi connectivity index (χ4v) is 1.53. The first-order valence-corrected chi connectivity index (χ1v) is 5.69. The molecule has 1 rings (SSSR count). The second-order valence-corrected chi connectivity index (χ2v) is 4.54. The molecule has 0 aliphatic heterocycles. The molecule has 0 aliphatic rings. The van der Waals surface area contributed by atoms with E-state index in [1.54, 1.807) is 6.07 Å². The Bertz CT molecular complexity index is 372. The minimum Gasteiger partial charge on any atom is -0.489 e. The number of ether oxygens (including phenoxy) is 1. The summed E-state index contributed by atoms with van der Waals surface area (Å²) in [4.78, 5) is 0. The maximum Gasteiger partial charge on any atom is 0.121 e. The summed E-state index contributed by atoms with van der Waals surface area (Å²) < 4.78 is 5.70. The number of allylic oxidation sites excluding steroid dienone is 1. The van der Waals surface area contributed by atoms with Crippen molar-refractivity contribution in [3.8, 4) is 5.75 Å². The molecule has 88 valence electrons. The van der Waals surface area contributed by atoms with E-state index in [1.165, 1.54) is 5.57 Å². The van der Waals surface area contributed by atoms with Gasteiger partial charge in [0, 0.05) is 5.02 Å². The van der Waals surface area contributed by atoms with Crippen molar-refractivity contribution in [2.75, 3.05) is 0 Å². The van der Waals surface area contributed by atoms with E-state index in [0.717, 1.165) is 5.75 Å². The Labute approximate surface area is 102 Å². The summed E-state index contributed by atoms with van der Waals surface area (Å²) in [6.07, 6.45) is 1.92. The average Bonchev–Trinajstić information content (AvgIpc) is 2.16. The van der Waals surface area contributed by atoms with Crippen molar-refractivity contribution in [2.45, 2.75) is 32.9 Å². The highest BCUT2D eigenvalue weighted by molar-refractivity contribution is 6.30. The molecule has 0 saturated carbocycles. The Morgan fingerprint density at radius 1 is 1.44 bits per heavy atom. The zero-order chi connectivity index (χ0) is 12.1. The summed E-state index contributed by atoms with van der Waals surface area (Å²) in [7, 11) is 0. The lowest BCUT2D eigenvalue weighted by molar-refractivity contribution is 0.206. The molecule has 2 unspecified atom stereocenters. The Hall–Kier alpha value is -0.990. The van der Waals surface area contributed by atoms with E-state index < -0.39 is 0 Å². The van der Waals surface area contributed by atoms with Gasteiger partial charge in [-0.3, -0.25) is 0 Å². The van der Waals surface area contributed by atoms with Crippen molar-refractivity contribution in [2.24, 2.45) is 5.73 Å². The molecule has 2 nitrogen and oxygen atoms in total. The lowest BCUT2D eigenvalue weighted by Gasteiger charge is -2.19. The number of nitrogens with two attached hydrogens (primary N) is 1. The monoisotopic (exact) mass is 239 g/mol. The lowest BCUT2D eigenvalue weighted by Crippen LogP contribution is -2.35. The van der Waals surface area contributed by atoms with Gasteiger partial charge >= 0.3 is 0 Å². The third kappa shape index (κ3) is 4.25. The van der Waals surface area contributed by atoms with Crippen molar-refractivity contribution in [1.82, 2.24) is 0 Å². The molecule has 2 N–H and O–H groups in total. The highest BCUT2D eigenvalue weighted by atomic mass is 35.5. The molecule has 0 aromatic heterocycles. The average molecular weight is 240 g/mol. The second-order valence-electron chi connectivity index (χ2n) is 4.10. The molecular formula is C13H18ClNO. The minimum absolute atomic E-state index is 0.0756. The van der Waals surface area contributed by atoms with E-state index in [9.17, 15) is 0 Å². The van der Waals surface area contributed by atoms with Crippen LogP contribution < -0.4 is 10.5 Å². The van der Waals surface area contributed by atoms with Crippen LogP contribution in [0.15, 0.2) is 35.9 Å². The molecule has 1 aromatic carbocycles. The lowest BCUT2D eigenvalue weighted by atomic mass is 10.1. The van der Waals surface area contributed by atoms with Crippen molar-refractivity contribution in [1.29, 1.82) is 0 Å². The zero-order valence-electron chi connectivity index (χ0n) is 9.91. The fraction of sp³-hybridized carbons (Fsp3) is 0.385. The van der Waals surface area contributed by atoms with Crippen molar-refractivity contribution in [3.63, 3.8) is 0 Å². The van der Waals surface area contributed by atoms with Crippen LogP contribution in [0, 0.1) is 0 Å². The first-order chi connectivity index (χ1) is 7.49. The molecule has 1 aromatic rings. The molecule has 0 bridgehead atoms. The van der Waals surface area contributed by atoms with Crippen LogP contribution in [0.5, 0.6) is 5.75 Å². The topological polar surface area (TPSA) is 35.2 Å². The Kier molecular flexibility index (Phi) is 4.84. The van der Waals surface area contributed by atoms with Gasteiger partial charge in [-0.1, -0.05) is 29.3 Å². The molecule has 0 fully saturated rings. The van der Waals surface area contributed by atoms with E-state index in [1.807, 2.05) is 45.0 Å². The van der Waals surface area contributed by atoms with Crippen LogP contribution in [0.2, 0.25) is 5.02 Å². The minimum atomic E-state index is -0.107. The Morgan fingerprint density at radius 3 is 2.69 bits per heavy atom. The summed E-state index contributed by atoms with van der Waals surface area (Å²) in [5.74, 6) is 0.748. The number of halogens is 1. The molecular weight excluding hydrogens is 222 g/mol. The number of rotatable bonds is 4. The van der Waals surface area contributed by atoms with E-state index in [4.69, 9.17) is 22.1 Å². The largest absolute Gasteiger partial charge is 0.489 e. The van der Waals surface area contributed by atoms with Crippen LogP contribution in [-0.4, -0.2) is 12.1 Å². The zero-order valence-corrected chi connectivity index (χ0v) is 10.7. The molecule has 2 atom stereocenters. The number of hydrogen-bond acceptors (Lipinski definition) is 2. The predicted molar refractivity (Wildman–Crippen MR) is 68.9 cm³/mol. The van der Waals surface area contributed by atoms with Crippen LogP contribution in [-0.2, 0) is 0 Å². The first-order valence-electron chi connectivity index (χ1n) is 5.32. The van der Waals surface area contributed by atoms with Gasteiger partial charge < -0.3 is 10.5 Å². The third-order valence-electron chi connectivity index (χ3n) is 2.19. The number of hydrogen-bond donors (Lipinski definition) is 1. The van der Waals surface area contributed by atoms with Gasteiger partial charge in [0.15, 0.2) is 0 Å². The van der Waals surface area contributed by atoms with Gasteiger partial charge in [0.05, 0.1) is 6.04 Å². The van der Waals surface area contributed by atoms with Crippen LogP contribution in [0.1, 0.15) is 20.8 Å². The maximum absolute atomic E-state index is 5.97. The molecule has 0 heterocycles. The SMILES string of the molecule is CC(C)=CC(N)C(C)Oc1cccc(Cl)c1. The molecule has 0 aliphatic carbocycles. The molecule has 0 amide bonds. The van der Waals surface area contributed by atoms with Gasteiger partial charge in [-0.2, -0.15) is 0 Å². The van der Waals surface area contributed by atoms with Gasteiger partial charge in [-0.15, -0.1) is 0 Å². The standard InChI is InChI=1S/C13H18ClNO/c1-9(2)7-13(15)10(3)16-12-6-4-5-11(14)8-12/h4-8,10,13H,15H2,1-3H3. The third-order valence-corrected chi connectivity index (χ3v) is 2.42. The summed E-state index contributed by atoms with van der Waals surface area (Å²) in [6, 6.07) is 7.22. The van der Waals surface area contributed by atoms with Gasteiger partial charge in [0.1, 0.15) is 11.9 Å². The highest BCUT2D eigenvalue weighted by Crippen LogP contribution is 2.19. The second kappa shape index (κ2) is 5.92. The summed E-state index contributed by atoms with van der Waals surface area (Å²) >= 11 is 5.87. The van der Waals surface area contributed by atoms with E-state index in [2.05, 4.69) is 0 Å². The van der Waals surface area contributed by atoms with Crippen molar-refractivity contribution in [3.05, 3.63) is 40.9 Å². The van der Waals surface area contributed by atoms with Crippen LogP contribution in [0.25, 0.3) is 0 Å². The molecule has 0 saturated heterocycles. The predicted octanol–water partition coefficient (Wildman–Crippen LogP) is 3.40.